The van der Waals surface area contributed by atoms with Gasteiger partial charge in [0.25, 0.3) is 0 Å². The number of hydrogen-bond acceptors (Lipinski definition) is 2. The van der Waals surface area contributed by atoms with Crippen LogP contribution in [0.1, 0.15) is 26.7 Å². The lowest BCUT2D eigenvalue weighted by Crippen LogP contribution is -2.41. The summed E-state index contributed by atoms with van der Waals surface area (Å²) in [6.07, 6.45) is 1.26. The molecular formula is C8H15NO3. The fourth-order valence-electron chi connectivity index (χ4n) is 0.976. The van der Waals surface area contributed by atoms with E-state index in [1.54, 1.807) is 0 Å². The van der Waals surface area contributed by atoms with E-state index in [-0.39, 0.29) is 5.91 Å². The number of nitrogens with zero attached hydrogens (tertiary/aromatic N) is 1. The van der Waals surface area contributed by atoms with Gasteiger partial charge in [0.05, 0.1) is 0 Å². The maximum atomic E-state index is 10.8. The molecule has 0 aliphatic carbocycles. The molecule has 0 bridgehead atoms. The van der Waals surface area contributed by atoms with Crippen molar-refractivity contribution in [3.63, 3.8) is 0 Å². The highest BCUT2D eigenvalue weighted by atomic mass is 16.4. The number of carbonyl (C=O) groups excluding carboxylic acids is 1. The zero-order valence-corrected chi connectivity index (χ0v) is 7.70. The van der Waals surface area contributed by atoms with E-state index < -0.39 is 12.0 Å². The van der Waals surface area contributed by atoms with Crippen molar-refractivity contribution in [1.82, 2.24) is 4.90 Å². The highest BCUT2D eigenvalue weighted by Gasteiger charge is 2.22. The highest BCUT2D eigenvalue weighted by molar-refractivity contribution is 5.81. The molecule has 12 heavy (non-hydrogen) atoms. The van der Waals surface area contributed by atoms with E-state index in [2.05, 4.69) is 0 Å². The molecule has 1 amide bonds. The standard InChI is InChI=1S/C8H15NO3/c1-4-5-7(8(11)12)9(3)6(2)10/h7H,4-5H2,1-3H3,(H,11,12)/t7-/m0/s1. The molecule has 0 aromatic carbocycles. The van der Waals surface area contributed by atoms with Gasteiger partial charge >= 0.3 is 5.97 Å². The minimum absolute atomic E-state index is 0.212. The fourth-order valence-corrected chi connectivity index (χ4v) is 0.976. The van der Waals surface area contributed by atoms with Crippen LogP contribution in [0.15, 0.2) is 0 Å². The third-order valence-electron chi connectivity index (χ3n) is 1.81. The maximum absolute atomic E-state index is 10.8. The number of amides is 1. The molecule has 0 aromatic heterocycles. The molecule has 0 saturated heterocycles. The summed E-state index contributed by atoms with van der Waals surface area (Å²) in [5.41, 5.74) is 0. The van der Waals surface area contributed by atoms with Crippen molar-refractivity contribution < 1.29 is 14.7 Å². The minimum Gasteiger partial charge on any atom is -0.480 e. The van der Waals surface area contributed by atoms with Crippen LogP contribution < -0.4 is 0 Å². The number of aliphatic carboxylic acids is 1. The van der Waals surface area contributed by atoms with Crippen molar-refractivity contribution >= 4 is 11.9 Å². The monoisotopic (exact) mass is 173 g/mol. The summed E-state index contributed by atoms with van der Waals surface area (Å²) in [7, 11) is 1.51. The SMILES string of the molecule is CCC[C@@H](C(=O)O)N(C)C(C)=O. The summed E-state index contributed by atoms with van der Waals surface area (Å²) in [5, 5.41) is 8.73. The van der Waals surface area contributed by atoms with Gasteiger partial charge in [-0.05, 0) is 6.42 Å². The molecule has 4 nitrogen and oxygen atoms in total. The normalized spacial score (nSPS) is 12.2. The summed E-state index contributed by atoms with van der Waals surface area (Å²) in [4.78, 5) is 22.7. The van der Waals surface area contributed by atoms with Crippen molar-refractivity contribution in [1.29, 1.82) is 0 Å². The molecule has 0 spiro atoms. The van der Waals surface area contributed by atoms with Gasteiger partial charge in [-0.2, -0.15) is 0 Å². The van der Waals surface area contributed by atoms with Crippen LogP contribution in [0.25, 0.3) is 0 Å². The number of likely N-dealkylation sites (N-methyl/N-ethyl adjacent to an activating group) is 1. The second kappa shape index (κ2) is 4.74. The Labute approximate surface area is 72.2 Å². The molecule has 0 aliphatic rings. The van der Waals surface area contributed by atoms with Gasteiger partial charge in [0.1, 0.15) is 6.04 Å². The number of rotatable bonds is 4. The van der Waals surface area contributed by atoms with Gasteiger partial charge in [0.2, 0.25) is 5.91 Å². The number of carboxylic acids is 1. The van der Waals surface area contributed by atoms with Gasteiger partial charge in [-0.25, -0.2) is 4.79 Å². The van der Waals surface area contributed by atoms with Crippen LogP contribution in [0.3, 0.4) is 0 Å². The van der Waals surface area contributed by atoms with E-state index in [1.165, 1.54) is 18.9 Å². The first-order valence-corrected chi connectivity index (χ1v) is 3.96. The first-order chi connectivity index (χ1) is 5.50. The maximum Gasteiger partial charge on any atom is 0.326 e. The van der Waals surface area contributed by atoms with Gasteiger partial charge in [-0.1, -0.05) is 13.3 Å². The number of hydrogen-bond donors (Lipinski definition) is 1. The van der Waals surface area contributed by atoms with Crippen molar-refractivity contribution in [2.75, 3.05) is 7.05 Å². The second-order valence-corrected chi connectivity index (χ2v) is 2.77. The molecule has 0 saturated carbocycles. The Hall–Kier alpha value is -1.06. The Bertz CT molecular complexity index is 179. The van der Waals surface area contributed by atoms with Crippen LogP contribution in [-0.4, -0.2) is 35.0 Å². The highest BCUT2D eigenvalue weighted by Crippen LogP contribution is 2.05. The van der Waals surface area contributed by atoms with E-state index in [9.17, 15) is 9.59 Å². The Morgan fingerprint density at radius 1 is 1.50 bits per heavy atom. The van der Waals surface area contributed by atoms with Crippen LogP contribution in [0.4, 0.5) is 0 Å². The first-order valence-electron chi connectivity index (χ1n) is 3.96. The predicted octanol–water partition coefficient (Wildman–Crippen LogP) is 0.718. The van der Waals surface area contributed by atoms with Crippen molar-refractivity contribution in [3.8, 4) is 0 Å². The summed E-state index contributed by atoms with van der Waals surface area (Å²) in [6, 6.07) is -0.674. The Morgan fingerprint density at radius 3 is 2.25 bits per heavy atom. The summed E-state index contributed by atoms with van der Waals surface area (Å²) in [6.45, 7) is 3.26. The molecule has 1 N–H and O–H groups in total. The van der Waals surface area contributed by atoms with E-state index in [0.717, 1.165) is 6.42 Å². The molecule has 0 heterocycles. The molecule has 1 atom stereocenters. The third kappa shape index (κ3) is 2.90. The summed E-state index contributed by atoms with van der Waals surface area (Å²) in [5.74, 6) is -1.15. The lowest BCUT2D eigenvalue weighted by atomic mass is 10.1. The number of carbonyl (C=O) groups is 2. The van der Waals surface area contributed by atoms with E-state index in [1.807, 2.05) is 6.92 Å². The van der Waals surface area contributed by atoms with Crippen molar-refractivity contribution in [3.05, 3.63) is 0 Å². The quantitative estimate of drug-likeness (QED) is 0.681. The van der Waals surface area contributed by atoms with Gasteiger partial charge in [-0.3, -0.25) is 4.79 Å². The van der Waals surface area contributed by atoms with Crippen LogP contribution in [0.5, 0.6) is 0 Å². The second-order valence-electron chi connectivity index (χ2n) is 2.77. The van der Waals surface area contributed by atoms with E-state index >= 15 is 0 Å². The van der Waals surface area contributed by atoms with Crippen LogP contribution in [0, 0.1) is 0 Å². The molecular weight excluding hydrogens is 158 g/mol. The average Bonchev–Trinajstić information content (AvgIpc) is 1.98. The molecule has 0 aliphatic heterocycles. The molecule has 0 rings (SSSR count). The molecule has 0 unspecified atom stereocenters. The van der Waals surface area contributed by atoms with Gasteiger partial charge in [-0.15, -0.1) is 0 Å². The molecule has 0 fully saturated rings. The topological polar surface area (TPSA) is 57.6 Å². The number of carboxylic acid groups (broad SMARTS) is 1. The van der Waals surface area contributed by atoms with E-state index in [0.29, 0.717) is 6.42 Å². The molecule has 0 aromatic rings. The summed E-state index contributed by atoms with van der Waals surface area (Å²) >= 11 is 0. The predicted molar refractivity (Wildman–Crippen MR) is 44.8 cm³/mol. The summed E-state index contributed by atoms with van der Waals surface area (Å²) < 4.78 is 0. The van der Waals surface area contributed by atoms with Crippen molar-refractivity contribution in [2.45, 2.75) is 32.7 Å². The van der Waals surface area contributed by atoms with Crippen LogP contribution in [0.2, 0.25) is 0 Å². The Balaban J connectivity index is 4.28. The molecule has 0 radical (unpaired) electrons. The minimum atomic E-state index is -0.936. The Morgan fingerprint density at radius 2 is 2.00 bits per heavy atom. The lowest BCUT2D eigenvalue weighted by molar-refractivity contribution is -0.148. The third-order valence-corrected chi connectivity index (χ3v) is 1.81. The molecule has 4 heteroatoms. The van der Waals surface area contributed by atoms with Gasteiger partial charge in [0.15, 0.2) is 0 Å². The van der Waals surface area contributed by atoms with E-state index in [4.69, 9.17) is 5.11 Å². The van der Waals surface area contributed by atoms with Crippen molar-refractivity contribution in [2.24, 2.45) is 0 Å². The van der Waals surface area contributed by atoms with Crippen LogP contribution in [-0.2, 0) is 9.59 Å². The zero-order chi connectivity index (χ0) is 9.72. The smallest absolute Gasteiger partial charge is 0.326 e. The van der Waals surface area contributed by atoms with Crippen LogP contribution >= 0.6 is 0 Å². The Kier molecular flexibility index (Phi) is 4.33. The first kappa shape index (κ1) is 10.9. The van der Waals surface area contributed by atoms with Gasteiger partial charge in [0, 0.05) is 14.0 Å². The largest absolute Gasteiger partial charge is 0.480 e. The average molecular weight is 173 g/mol. The lowest BCUT2D eigenvalue weighted by Gasteiger charge is -2.22. The fraction of sp³-hybridized carbons (Fsp3) is 0.750. The molecule has 70 valence electrons. The van der Waals surface area contributed by atoms with Gasteiger partial charge < -0.3 is 10.0 Å². The zero-order valence-electron chi connectivity index (χ0n) is 7.70.